The minimum Gasteiger partial charge on any atom is -0.362 e. The van der Waals surface area contributed by atoms with E-state index in [0.29, 0.717) is 16.9 Å². The standard InChI is InChI=1S/C26H21N5O2/c32-25-23(15-18-10-5-13-27-18)22-12-11-21(16-24(22)31-25)28-19-8-4-9-20(14-19)30-26(33)29-17-6-2-1-3-7-17/h1-16,27-28H,(H,31,32)(H2,29,30,33)/b23-15-. The molecule has 0 aliphatic carbocycles. The van der Waals surface area contributed by atoms with Crippen LogP contribution in [0.5, 0.6) is 0 Å². The van der Waals surface area contributed by atoms with Crippen molar-refractivity contribution in [1.29, 1.82) is 0 Å². The van der Waals surface area contributed by atoms with E-state index in [0.717, 1.165) is 28.3 Å². The van der Waals surface area contributed by atoms with Gasteiger partial charge >= 0.3 is 6.03 Å². The monoisotopic (exact) mass is 435 g/mol. The smallest absolute Gasteiger partial charge is 0.323 e. The molecule has 3 amide bonds. The normalized spacial score (nSPS) is 13.3. The number of amides is 3. The van der Waals surface area contributed by atoms with Gasteiger partial charge in [0.2, 0.25) is 0 Å². The van der Waals surface area contributed by atoms with E-state index in [9.17, 15) is 9.59 Å². The number of anilines is 5. The minimum absolute atomic E-state index is 0.132. The molecule has 3 aromatic carbocycles. The molecule has 0 fully saturated rings. The second-order valence-corrected chi connectivity index (χ2v) is 7.55. The van der Waals surface area contributed by atoms with Gasteiger partial charge in [0, 0.05) is 40.2 Å². The van der Waals surface area contributed by atoms with Crippen molar-refractivity contribution < 1.29 is 9.59 Å². The molecule has 0 saturated heterocycles. The summed E-state index contributed by atoms with van der Waals surface area (Å²) < 4.78 is 0. The van der Waals surface area contributed by atoms with Gasteiger partial charge < -0.3 is 26.3 Å². The largest absolute Gasteiger partial charge is 0.362 e. The van der Waals surface area contributed by atoms with E-state index in [1.54, 1.807) is 0 Å². The molecule has 0 saturated carbocycles. The number of benzene rings is 3. The molecule has 0 radical (unpaired) electrons. The SMILES string of the molecule is O=C(Nc1ccccc1)Nc1cccc(Nc2ccc3c(c2)NC(=O)/C3=C\c2ccc[nH]2)c1. The predicted molar refractivity (Wildman–Crippen MR) is 133 cm³/mol. The first-order valence-corrected chi connectivity index (χ1v) is 10.4. The van der Waals surface area contributed by atoms with E-state index in [1.165, 1.54) is 0 Å². The van der Waals surface area contributed by atoms with Crippen LogP contribution in [-0.2, 0) is 4.79 Å². The van der Waals surface area contributed by atoms with E-state index in [-0.39, 0.29) is 11.9 Å². The fourth-order valence-corrected chi connectivity index (χ4v) is 3.66. The zero-order valence-electron chi connectivity index (χ0n) is 17.6. The molecule has 33 heavy (non-hydrogen) atoms. The molecule has 1 aromatic heterocycles. The highest BCUT2D eigenvalue weighted by atomic mass is 16.2. The average Bonchev–Trinajstić information content (AvgIpc) is 3.42. The number of carbonyl (C=O) groups excluding carboxylic acids is 2. The van der Waals surface area contributed by atoms with Gasteiger partial charge in [-0.1, -0.05) is 30.3 Å². The lowest BCUT2D eigenvalue weighted by Crippen LogP contribution is -2.19. The maximum atomic E-state index is 12.4. The van der Waals surface area contributed by atoms with Gasteiger partial charge in [0.05, 0.1) is 11.3 Å². The lowest BCUT2D eigenvalue weighted by molar-refractivity contribution is -0.110. The van der Waals surface area contributed by atoms with Gasteiger partial charge in [-0.05, 0) is 60.7 Å². The number of H-pyrrole nitrogens is 1. The van der Waals surface area contributed by atoms with Gasteiger partial charge in [0.1, 0.15) is 0 Å². The Morgan fingerprint density at radius 2 is 1.52 bits per heavy atom. The highest BCUT2D eigenvalue weighted by Crippen LogP contribution is 2.35. The van der Waals surface area contributed by atoms with Crippen molar-refractivity contribution in [2.24, 2.45) is 0 Å². The van der Waals surface area contributed by atoms with Crippen LogP contribution in [0.25, 0.3) is 11.6 Å². The van der Waals surface area contributed by atoms with Gasteiger partial charge in [-0.25, -0.2) is 4.79 Å². The molecular weight excluding hydrogens is 414 g/mol. The summed E-state index contributed by atoms with van der Waals surface area (Å²) in [5.41, 5.74) is 6.09. The third-order valence-electron chi connectivity index (χ3n) is 5.17. The molecule has 0 unspecified atom stereocenters. The van der Waals surface area contributed by atoms with Crippen LogP contribution in [0.3, 0.4) is 0 Å². The first-order chi connectivity index (χ1) is 16.1. The molecule has 7 nitrogen and oxygen atoms in total. The van der Waals surface area contributed by atoms with E-state index in [2.05, 4.69) is 26.3 Å². The molecule has 7 heteroatoms. The summed E-state index contributed by atoms with van der Waals surface area (Å²) in [4.78, 5) is 27.8. The number of hydrogen-bond donors (Lipinski definition) is 5. The minimum atomic E-state index is -0.319. The Balaban J connectivity index is 1.29. The third-order valence-corrected chi connectivity index (χ3v) is 5.17. The maximum Gasteiger partial charge on any atom is 0.323 e. The van der Waals surface area contributed by atoms with Gasteiger partial charge in [0.15, 0.2) is 0 Å². The Morgan fingerprint density at radius 3 is 2.33 bits per heavy atom. The molecule has 4 aromatic rings. The Hall–Kier alpha value is -4.78. The summed E-state index contributed by atoms with van der Waals surface area (Å²) in [6.45, 7) is 0. The van der Waals surface area contributed by atoms with Crippen LogP contribution in [0.4, 0.5) is 33.2 Å². The van der Waals surface area contributed by atoms with E-state index >= 15 is 0 Å². The van der Waals surface area contributed by atoms with E-state index in [1.807, 2.05) is 97.2 Å². The van der Waals surface area contributed by atoms with Gasteiger partial charge in [-0.2, -0.15) is 0 Å². The van der Waals surface area contributed by atoms with Crippen molar-refractivity contribution >= 4 is 52.0 Å². The Kier molecular flexibility index (Phi) is 5.35. The molecule has 0 spiro atoms. The number of para-hydroxylation sites is 1. The molecular formula is C26H21N5O2. The fraction of sp³-hybridized carbons (Fsp3) is 0. The van der Waals surface area contributed by atoms with Crippen molar-refractivity contribution in [3.8, 4) is 0 Å². The summed E-state index contributed by atoms with van der Waals surface area (Å²) in [5, 5.41) is 11.9. The number of rotatable bonds is 5. The van der Waals surface area contributed by atoms with Gasteiger partial charge in [-0.15, -0.1) is 0 Å². The molecule has 2 heterocycles. The summed E-state index contributed by atoms with van der Waals surface area (Å²) in [7, 11) is 0. The Labute approximate surface area is 190 Å². The number of aromatic nitrogens is 1. The predicted octanol–water partition coefficient (Wildman–Crippen LogP) is 5.90. The third kappa shape index (κ3) is 4.62. The highest BCUT2D eigenvalue weighted by molar-refractivity contribution is 6.35. The molecule has 1 aliphatic heterocycles. The number of carbonyl (C=O) groups is 2. The molecule has 0 bridgehead atoms. The number of aromatic amines is 1. The van der Waals surface area contributed by atoms with Crippen LogP contribution in [-0.4, -0.2) is 16.9 Å². The molecule has 5 N–H and O–H groups in total. The summed E-state index contributed by atoms with van der Waals surface area (Å²) in [5.74, 6) is -0.132. The maximum absolute atomic E-state index is 12.4. The van der Waals surface area contributed by atoms with Crippen molar-refractivity contribution in [3.63, 3.8) is 0 Å². The molecule has 0 atom stereocenters. The quantitative estimate of drug-likeness (QED) is 0.253. The second kappa shape index (κ2) is 8.76. The molecule has 5 rings (SSSR count). The number of urea groups is 1. The summed E-state index contributed by atoms with van der Waals surface area (Å²) in [6, 6.07) is 25.9. The zero-order valence-corrected chi connectivity index (χ0v) is 17.6. The average molecular weight is 435 g/mol. The number of fused-ring (bicyclic) bond motifs is 1. The number of hydrogen-bond acceptors (Lipinski definition) is 3. The molecule has 1 aliphatic rings. The highest BCUT2D eigenvalue weighted by Gasteiger charge is 2.24. The lowest BCUT2D eigenvalue weighted by Gasteiger charge is -2.11. The first-order valence-electron chi connectivity index (χ1n) is 10.4. The van der Waals surface area contributed by atoms with Crippen LogP contribution in [0.15, 0.2) is 91.1 Å². The van der Waals surface area contributed by atoms with Gasteiger partial charge in [0.25, 0.3) is 5.91 Å². The van der Waals surface area contributed by atoms with Crippen LogP contribution in [0, 0.1) is 0 Å². The van der Waals surface area contributed by atoms with Crippen molar-refractivity contribution in [1.82, 2.24) is 4.98 Å². The zero-order chi connectivity index (χ0) is 22.6. The molecule has 162 valence electrons. The number of nitrogens with one attached hydrogen (secondary N) is 5. The van der Waals surface area contributed by atoms with Crippen molar-refractivity contribution in [2.45, 2.75) is 0 Å². The van der Waals surface area contributed by atoms with Crippen LogP contribution in [0.2, 0.25) is 0 Å². The Morgan fingerprint density at radius 1 is 0.758 bits per heavy atom. The van der Waals surface area contributed by atoms with Crippen LogP contribution in [0.1, 0.15) is 11.3 Å². The first kappa shape index (κ1) is 20.1. The van der Waals surface area contributed by atoms with Gasteiger partial charge in [-0.3, -0.25) is 4.79 Å². The topological polar surface area (TPSA) is 98.0 Å². The van der Waals surface area contributed by atoms with Crippen molar-refractivity contribution in [3.05, 3.63) is 102 Å². The summed E-state index contributed by atoms with van der Waals surface area (Å²) in [6.07, 6.45) is 3.66. The van der Waals surface area contributed by atoms with E-state index in [4.69, 9.17) is 0 Å². The van der Waals surface area contributed by atoms with Crippen molar-refractivity contribution in [2.75, 3.05) is 21.3 Å². The van der Waals surface area contributed by atoms with Crippen LogP contribution >= 0.6 is 0 Å². The second-order valence-electron chi connectivity index (χ2n) is 7.55. The van der Waals surface area contributed by atoms with E-state index < -0.39 is 0 Å². The van der Waals surface area contributed by atoms with Crippen LogP contribution < -0.4 is 21.3 Å². The fourth-order valence-electron chi connectivity index (χ4n) is 3.66. The lowest BCUT2D eigenvalue weighted by atomic mass is 10.1. The Bertz CT molecular complexity index is 1340. The summed E-state index contributed by atoms with van der Waals surface area (Å²) >= 11 is 0.